The molecule has 0 fully saturated rings. The molecule has 3 aromatic rings. The molecular weight excluding hydrogens is 376 g/mol. The number of nitrogens with zero attached hydrogens (tertiary/aromatic N) is 1. The van der Waals surface area contributed by atoms with E-state index in [1.165, 1.54) is 18.4 Å². The summed E-state index contributed by atoms with van der Waals surface area (Å²) in [5, 5.41) is 3.63. The maximum absolute atomic E-state index is 12.5. The van der Waals surface area contributed by atoms with Gasteiger partial charge in [-0.25, -0.2) is 9.78 Å². The molecular formula is C21H20N2O4S. The number of hydrogen-bond acceptors (Lipinski definition) is 6. The number of carbonyl (C=O) groups is 2. The van der Waals surface area contributed by atoms with Crippen LogP contribution in [-0.4, -0.2) is 31.1 Å². The van der Waals surface area contributed by atoms with E-state index in [4.69, 9.17) is 9.47 Å². The molecule has 1 aromatic heterocycles. The predicted molar refractivity (Wildman–Crippen MR) is 109 cm³/mol. The lowest BCUT2D eigenvalue weighted by Crippen LogP contribution is -2.14. The summed E-state index contributed by atoms with van der Waals surface area (Å²) in [6.45, 7) is 1.88. The molecule has 144 valence electrons. The van der Waals surface area contributed by atoms with E-state index in [-0.39, 0.29) is 12.3 Å². The molecule has 3 rings (SSSR count). The van der Waals surface area contributed by atoms with E-state index in [9.17, 15) is 9.59 Å². The minimum Gasteiger partial charge on any atom is -0.496 e. The van der Waals surface area contributed by atoms with E-state index in [1.807, 2.05) is 31.2 Å². The molecule has 0 spiro atoms. The number of rotatable bonds is 6. The number of aryl methyl sites for hydroxylation is 1. The van der Waals surface area contributed by atoms with Gasteiger partial charge in [-0.3, -0.25) is 4.79 Å². The SMILES string of the molecule is COC(=O)c1cccc(NC(=O)Cc2sc(-c3ccccc3OC)nc2C)c1. The first-order valence-electron chi connectivity index (χ1n) is 8.59. The number of benzene rings is 2. The molecule has 0 aliphatic rings. The number of aromatic nitrogens is 1. The van der Waals surface area contributed by atoms with Gasteiger partial charge in [0.2, 0.25) is 5.91 Å². The summed E-state index contributed by atoms with van der Waals surface area (Å²) < 4.78 is 10.1. The fraction of sp³-hybridized carbons (Fsp3) is 0.190. The number of hydrogen-bond donors (Lipinski definition) is 1. The van der Waals surface area contributed by atoms with Crippen molar-refractivity contribution >= 4 is 28.9 Å². The van der Waals surface area contributed by atoms with Crippen molar-refractivity contribution in [2.75, 3.05) is 19.5 Å². The topological polar surface area (TPSA) is 77.5 Å². The first kappa shape index (κ1) is 19.6. The van der Waals surface area contributed by atoms with Gasteiger partial charge in [0.15, 0.2) is 0 Å². The van der Waals surface area contributed by atoms with E-state index < -0.39 is 5.97 Å². The van der Waals surface area contributed by atoms with Crippen molar-refractivity contribution in [1.82, 2.24) is 4.98 Å². The zero-order valence-corrected chi connectivity index (χ0v) is 16.6. The van der Waals surface area contributed by atoms with Gasteiger partial charge >= 0.3 is 5.97 Å². The van der Waals surface area contributed by atoms with E-state index in [0.29, 0.717) is 11.3 Å². The standard InChI is InChI=1S/C21H20N2O4S/c1-13-18(28-20(22-13)16-9-4-5-10-17(16)26-2)12-19(24)23-15-8-6-7-14(11-15)21(25)27-3/h4-11H,12H2,1-3H3,(H,23,24). The molecule has 0 bridgehead atoms. The molecule has 0 unspecified atom stereocenters. The van der Waals surface area contributed by atoms with Crippen LogP contribution in [0.25, 0.3) is 10.6 Å². The normalized spacial score (nSPS) is 10.4. The average molecular weight is 396 g/mol. The highest BCUT2D eigenvalue weighted by Crippen LogP contribution is 2.34. The highest BCUT2D eigenvalue weighted by atomic mass is 32.1. The molecule has 0 radical (unpaired) electrons. The summed E-state index contributed by atoms with van der Waals surface area (Å²) in [7, 11) is 2.94. The number of para-hydroxylation sites is 1. The van der Waals surface area contributed by atoms with Crippen LogP contribution >= 0.6 is 11.3 Å². The van der Waals surface area contributed by atoms with Crippen LogP contribution in [0.15, 0.2) is 48.5 Å². The average Bonchev–Trinajstić information content (AvgIpc) is 3.07. The van der Waals surface area contributed by atoms with Crippen LogP contribution in [0.1, 0.15) is 20.9 Å². The van der Waals surface area contributed by atoms with Crippen molar-refractivity contribution in [2.24, 2.45) is 0 Å². The van der Waals surface area contributed by atoms with E-state index in [2.05, 4.69) is 10.3 Å². The third-order valence-electron chi connectivity index (χ3n) is 4.12. The zero-order valence-electron chi connectivity index (χ0n) is 15.8. The minimum atomic E-state index is -0.448. The van der Waals surface area contributed by atoms with Gasteiger partial charge in [0, 0.05) is 10.6 Å². The second kappa shape index (κ2) is 8.67. The lowest BCUT2D eigenvalue weighted by molar-refractivity contribution is -0.115. The van der Waals surface area contributed by atoms with Gasteiger partial charge in [-0.05, 0) is 37.3 Å². The van der Waals surface area contributed by atoms with Crippen LogP contribution in [0.4, 0.5) is 5.69 Å². The number of esters is 1. The van der Waals surface area contributed by atoms with Gasteiger partial charge in [0.05, 0.1) is 37.5 Å². The van der Waals surface area contributed by atoms with Crippen molar-refractivity contribution in [2.45, 2.75) is 13.3 Å². The quantitative estimate of drug-likeness (QED) is 0.635. The Morgan fingerprint density at radius 2 is 1.89 bits per heavy atom. The van der Waals surface area contributed by atoms with Crippen molar-refractivity contribution in [3.05, 3.63) is 64.7 Å². The lowest BCUT2D eigenvalue weighted by atomic mass is 10.2. The molecule has 1 N–H and O–H groups in total. The Balaban J connectivity index is 1.75. The van der Waals surface area contributed by atoms with E-state index in [1.54, 1.807) is 31.4 Å². The van der Waals surface area contributed by atoms with Gasteiger partial charge in [-0.1, -0.05) is 18.2 Å². The number of ether oxygens (including phenoxy) is 2. The molecule has 0 aliphatic heterocycles. The molecule has 0 saturated heterocycles. The summed E-state index contributed by atoms with van der Waals surface area (Å²) >= 11 is 1.47. The minimum absolute atomic E-state index is 0.180. The van der Waals surface area contributed by atoms with Gasteiger partial charge in [0.25, 0.3) is 0 Å². The van der Waals surface area contributed by atoms with Crippen LogP contribution < -0.4 is 10.1 Å². The number of amides is 1. The maximum Gasteiger partial charge on any atom is 0.337 e. The predicted octanol–water partition coefficient (Wildman–Crippen LogP) is 4.09. The van der Waals surface area contributed by atoms with Crippen LogP contribution in [0, 0.1) is 6.92 Å². The summed E-state index contributed by atoms with van der Waals surface area (Å²) in [6, 6.07) is 14.3. The van der Waals surface area contributed by atoms with Crippen molar-refractivity contribution in [3.63, 3.8) is 0 Å². The first-order valence-corrected chi connectivity index (χ1v) is 9.41. The Morgan fingerprint density at radius 1 is 1.11 bits per heavy atom. The van der Waals surface area contributed by atoms with Crippen molar-refractivity contribution in [1.29, 1.82) is 0 Å². The Morgan fingerprint density at radius 3 is 2.64 bits per heavy atom. The number of methoxy groups -OCH3 is 2. The third kappa shape index (κ3) is 4.37. The highest BCUT2D eigenvalue weighted by Gasteiger charge is 2.16. The van der Waals surface area contributed by atoms with E-state index in [0.717, 1.165) is 26.9 Å². The van der Waals surface area contributed by atoms with Gasteiger partial charge in [-0.2, -0.15) is 0 Å². The Kier molecular flexibility index (Phi) is 6.06. The van der Waals surface area contributed by atoms with Gasteiger partial charge in [-0.15, -0.1) is 11.3 Å². The molecule has 28 heavy (non-hydrogen) atoms. The molecule has 1 amide bonds. The zero-order chi connectivity index (χ0) is 20.1. The molecule has 0 saturated carbocycles. The second-order valence-electron chi connectivity index (χ2n) is 6.03. The maximum atomic E-state index is 12.5. The highest BCUT2D eigenvalue weighted by molar-refractivity contribution is 7.15. The number of carbonyl (C=O) groups excluding carboxylic acids is 2. The van der Waals surface area contributed by atoms with Crippen molar-refractivity contribution < 1.29 is 19.1 Å². The van der Waals surface area contributed by atoms with Crippen LogP contribution in [0.2, 0.25) is 0 Å². The molecule has 0 aliphatic carbocycles. The molecule has 1 heterocycles. The van der Waals surface area contributed by atoms with Crippen LogP contribution in [0.5, 0.6) is 5.75 Å². The Bertz CT molecular complexity index is 1010. The monoisotopic (exact) mass is 396 g/mol. The summed E-state index contributed by atoms with van der Waals surface area (Å²) in [5.41, 5.74) is 2.63. The van der Waals surface area contributed by atoms with Crippen LogP contribution in [-0.2, 0) is 16.0 Å². The number of nitrogens with one attached hydrogen (secondary N) is 1. The fourth-order valence-electron chi connectivity index (χ4n) is 2.72. The fourth-order valence-corrected chi connectivity index (χ4v) is 3.81. The number of anilines is 1. The smallest absolute Gasteiger partial charge is 0.337 e. The third-order valence-corrected chi connectivity index (χ3v) is 5.31. The summed E-state index contributed by atoms with van der Waals surface area (Å²) in [5.74, 6) is 0.114. The summed E-state index contributed by atoms with van der Waals surface area (Å²) in [4.78, 5) is 29.6. The molecule has 2 aromatic carbocycles. The second-order valence-corrected chi connectivity index (χ2v) is 7.11. The Labute approximate surface area is 167 Å². The summed E-state index contributed by atoms with van der Waals surface area (Å²) in [6.07, 6.45) is 0.196. The lowest BCUT2D eigenvalue weighted by Gasteiger charge is -2.06. The van der Waals surface area contributed by atoms with Crippen molar-refractivity contribution in [3.8, 4) is 16.3 Å². The van der Waals surface area contributed by atoms with Gasteiger partial charge < -0.3 is 14.8 Å². The largest absolute Gasteiger partial charge is 0.496 e. The molecule has 7 heteroatoms. The first-order chi connectivity index (χ1) is 13.5. The van der Waals surface area contributed by atoms with Gasteiger partial charge in [0.1, 0.15) is 10.8 Å². The van der Waals surface area contributed by atoms with E-state index >= 15 is 0 Å². The molecule has 6 nitrogen and oxygen atoms in total. The Hall–Kier alpha value is -3.19. The van der Waals surface area contributed by atoms with Crippen LogP contribution in [0.3, 0.4) is 0 Å². The number of thiazole rings is 1. The molecule has 0 atom stereocenters.